The molecular formula is C16H34N2O. The third kappa shape index (κ3) is 6.95. The number of amides is 1. The molecule has 0 aromatic carbocycles. The average Bonchev–Trinajstić information content (AvgIpc) is 2.34. The van der Waals surface area contributed by atoms with Gasteiger partial charge >= 0.3 is 0 Å². The lowest BCUT2D eigenvalue weighted by molar-refractivity contribution is -0.123. The van der Waals surface area contributed by atoms with Crippen LogP contribution >= 0.6 is 0 Å². The van der Waals surface area contributed by atoms with E-state index in [1.54, 1.807) is 0 Å². The lowest BCUT2D eigenvalue weighted by Crippen LogP contribution is -2.47. The van der Waals surface area contributed by atoms with Crippen molar-refractivity contribution < 1.29 is 4.79 Å². The highest BCUT2D eigenvalue weighted by molar-refractivity contribution is 5.81. The number of rotatable bonds is 9. The molecule has 0 radical (unpaired) electrons. The van der Waals surface area contributed by atoms with Crippen LogP contribution in [0.1, 0.15) is 61.3 Å². The molecule has 0 aliphatic carbocycles. The second-order valence-corrected chi connectivity index (χ2v) is 6.30. The summed E-state index contributed by atoms with van der Waals surface area (Å²) in [6.45, 7) is 16.1. The number of nitrogens with one attached hydrogen (secondary N) is 2. The molecule has 19 heavy (non-hydrogen) atoms. The van der Waals surface area contributed by atoms with Crippen LogP contribution in [0.5, 0.6) is 0 Å². The highest BCUT2D eigenvalue weighted by Crippen LogP contribution is 2.19. The molecule has 0 bridgehead atoms. The Morgan fingerprint density at radius 3 is 1.79 bits per heavy atom. The fourth-order valence-electron chi connectivity index (χ4n) is 2.47. The molecule has 0 aliphatic rings. The van der Waals surface area contributed by atoms with E-state index >= 15 is 0 Å². The lowest BCUT2D eigenvalue weighted by atomic mass is 9.85. The summed E-state index contributed by atoms with van der Waals surface area (Å²) in [7, 11) is 0. The summed E-state index contributed by atoms with van der Waals surface area (Å²) in [6.07, 6.45) is 1.99. The maximum atomic E-state index is 12.0. The summed E-state index contributed by atoms with van der Waals surface area (Å²) < 4.78 is 0. The van der Waals surface area contributed by atoms with Gasteiger partial charge in [0.05, 0.1) is 6.04 Å². The summed E-state index contributed by atoms with van der Waals surface area (Å²) in [6, 6.07) is 0.198. The van der Waals surface area contributed by atoms with E-state index in [0.717, 1.165) is 19.4 Å². The largest absolute Gasteiger partial charge is 0.352 e. The van der Waals surface area contributed by atoms with Gasteiger partial charge in [-0.05, 0) is 44.1 Å². The van der Waals surface area contributed by atoms with Crippen LogP contribution in [0.15, 0.2) is 0 Å². The number of carbonyl (C=O) groups excluding carboxylic acids is 1. The van der Waals surface area contributed by atoms with Crippen LogP contribution in [0.25, 0.3) is 0 Å². The summed E-state index contributed by atoms with van der Waals surface area (Å²) in [4.78, 5) is 12.0. The second-order valence-electron chi connectivity index (χ2n) is 6.30. The Morgan fingerprint density at radius 2 is 1.42 bits per heavy atom. The van der Waals surface area contributed by atoms with E-state index in [1.165, 1.54) is 0 Å². The van der Waals surface area contributed by atoms with Gasteiger partial charge in [-0.2, -0.15) is 0 Å². The monoisotopic (exact) mass is 270 g/mol. The van der Waals surface area contributed by atoms with Crippen LogP contribution in [0.2, 0.25) is 0 Å². The standard InChI is InChI=1S/C16H34N2O/c1-8-14(9-2)18-16(19)13(7)17-10-15(11(3)4)12(5)6/h11-15,17H,8-10H2,1-7H3,(H,18,19). The molecule has 3 heteroatoms. The molecule has 2 N–H and O–H groups in total. The number of hydrogen-bond donors (Lipinski definition) is 2. The summed E-state index contributed by atoms with van der Waals surface area (Å²) in [5.41, 5.74) is 0. The third-order valence-corrected chi connectivity index (χ3v) is 4.10. The zero-order valence-corrected chi connectivity index (χ0v) is 13.9. The molecule has 0 spiro atoms. The Labute approximate surface area is 119 Å². The van der Waals surface area contributed by atoms with Crippen LogP contribution in [-0.2, 0) is 4.79 Å². The quantitative estimate of drug-likeness (QED) is 0.675. The molecule has 3 nitrogen and oxygen atoms in total. The zero-order chi connectivity index (χ0) is 15.0. The van der Waals surface area contributed by atoms with E-state index < -0.39 is 0 Å². The molecule has 1 amide bonds. The fraction of sp³-hybridized carbons (Fsp3) is 0.938. The summed E-state index contributed by atoms with van der Waals surface area (Å²) in [5, 5.41) is 6.48. The van der Waals surface area contributed by atoms with E-state index in [2.05, 4.69) is 52.2 Å². The van der Waals surface area contributed by atoms with Gasteiger partial charge in [0, 0.05) is 6.04 Å². The van der Waals surface area contributed by atoms with Gasteiger partial charge in [0.1, 0.15) is 0 Å². The maximum Gasteiger partial charge on any atom is 0.237 e. The van der Waals surface area contributed by atoms with Crippen LogP contribution < -0.4 is 10.6 Å². The van der Waals surface area contributed by atoms with Crippen LogP contribution in [-0.4, -0.2) is 24.5 Å². The average molecular weight is 270 g/mol. The van der Waals surface area contributed by atoms with Crippen molar-refractivity contribution in [2.24, 2.45) is 17.8 Å². The second kappa shape index (κ2) is 9.35. The van der Waals surface area contributed by atoms with Crippen LogP contribution in [0.4, 0.5) is 0 Å². The summed E-state index contributed by atoms with van der Waals surface area (Å²) in [5.74, 6) is 2.02. The minimum absolute atomic E-state index is 0.111. The molecule has 0 aromatic heterocycles. The van der Waals surface area contributed by atoms with E-state index in [4.69, 9.17) is 0 Å². The van der Waals surface area contributed by atoms with Crippen molar-refractivity contribution in [1.29, 1.82) is 0 Å². The van der Waals surface area contributed by atoms with Gasteiger partial charge in [-0.1, -0.05) is 41.5 Å². The van der Waals surface area contributed by atoms with E-state index in [0.29, 0.717) is 23.8 Å². The van der Waals surface area contributed by atoms with E-state index in [-0.39, 0.29) is 11.9 Å². The fourth-order valence-corrected chi connectivity index (χ4v) is 2.47. The van der Waals surface area contributed by atoms with Crippen molar-refractivity contribution in [1.82, 2.24) is 10.6 Å². The zero-order valence-electron chi connectivity index (χ0n) is 13.9. The topological polar surface area (TPSA) is 41.1 Å². The lowest BCUT2D eigenvalue weighted by Gasteiger charge is -2.27. The maximum absolute atomic E-state index is 12.0. The SMILES string of the molecule is CCC(CC)NC(=O)C(C)NCC(C(C)C)C(C)C. The molecule has 0 saturated heterocycles. The molecular weight excluding hydrogens is 236 g/mol. The molecule has 0 aromatic rings. The first-order valence-electron chi connectivity index (χ1n) is 7.87. The molecule has 0 fully saturated rings. The number of carbonyl (C=O) groups is 1. The van der Waals surface area contributed by atoms with Gasteiger partial charge in [-0.15, -0.1) is 0 Å². The van der Waals surface area contributed by atoms with Crippen molar-refractivity contribution in [3.63, 3.8) is 0 Å². The van der Waals surface area contributed by atoms with Gasteiger partial charge < -0.3 is 10.6 Å². The van der Waals surface area contributed by atoms with Crippen molar-refractivity contribution in [3.05, 3.63) is 0 Å². The van der Waals surface area contributed by atoms with Gasteiger partial charge in [0.25, 0.3) is 0 Å². The molecule has 0 rings (SSSR count). The summed E-state index contributed by atoms with van der Waals surface area (Å²) >= 11 is 0. The normalized spacial score (nSPS) is 13.6. The number of hydrogen-bond acceptors (Lipinski definition) is 2. The highest BCUT2D eigenvalue weighted by atomic mass is 16.2. The highest BCUT2D eigenvalue weighted by Gasteiger charge is 2.20. The predicted molar refractivity (Wildman–Crippen MR) is 83.1 cm³/mol. The van der Waals surface area contributed by atoms with Crippen LogP contribution in [0, 0.1) is 17.8 Å². The first kappa shape index (κ1) is 18.4. The Hall–Kier alpha value is -0.570. The van der Waals surface area contributed by atoms with Gasteiger partial charge in [-0.25, -0.2) is 0 Å². The minimum Gasteiger partial charge on any atom is -0.352 e. The first-order chi connectivity index (χ1) is 8.83. The predicted octanol–water partition coefficient (Wildman–Crippen LogP) is 3.20. The molecule has 1 unspecified atom stereocenters. The molecule has 0 aliphatic heterocycles. The van der Waals surface area contributed by atoms with Crippen LogP contribution in [0.3, 0.4) is 0 Å². The Balaban J connectivity index is 4.21. The Morgan fingerprint density at radius 1 is 0.947 bits per heavy atom. The Bertz CT molecular complexity index is 239. The molecule has 114 valence electrons. The van der Waals surface area contributed by atoms with Gasteiger partial charge in [-0.3, -0.25) is 4.79 Å². The van der Waals surface area contributed by atoms with Crippen molar-refractivity contribution in [3.8, 4) is 0 Å². The van der Waals surface area contributed by atoms with E-state index in [9.17, 15) is 4.79 Å². The van der Waals surface area contributed by atoms with Crippen molar-refractivity contribution in [2.45, 2.75) is 73.4 Å². The molecule has 0 saturated carbocycles. The van der Waals surface area contributed by atoms with Gasteiger partial charge in [0.15, 0.2) is 0 Å². The minimum atomic E-state index is -0.111. The van der Waals surface area contributed by atoms with Crippen molar-refractivity contribution in [2.75, 3.05) is 6.54 Å². The Kier molecular flexibility index (Phi) is 9.07. The molecule has 0 heterocycles. The van der Waals surface area contributed by atoms with E-state index in [1.807, 2.05) is 6.92 Å². The van der Waals surface area contributed by atoms with Gasteiger partial charge in [0.2, 0.25) is 5.91 Å². The van der Waals surface area contributed by atoms with Crippen molar-refractivity contribution >= 4 is 5.91 Å². The smallest absolute Gasteiger partial charge is 0.237 e. The molecule has 1 atom stereocenters. The first-order valence-corrected chi connectivity index (χ1v) is 7.87. The third-order valence-electron chi connectivity index (χ3n) is 4.10.